The first-order valence-corrected chi connectivity index (χ1v) is 13.2. The van der Waals surface area contributed by atoms with Crippen LogP contribution in [0.2, 0.25) is 5.02 Å². The molecule has 2 aliphatic carbocycles. The highest BCUT2D eigenvalue weighted by atomic mass is 35.5. The summed E-state index contributed by atoms with van der Waals surface area (Å²) in [4.78, 5) is 66.5. The number of ether oxygens (including phenoxy) is 1. The fraction of sp³-hybridized carbons (Fsp3) is 0.194. The number of hydrazine groups is 1. The molecule has 4 atom stereocenters. The van der Waals surface area contributed by atoms with Crippen LogP contribution in [-0.4, -0.2) is 46.0 Å². The fourth-order valence-electron chi connectivity index (χ4n) is 5.81. The number of Topliss-reactive ketones (excluding diaryl/α,β-unsaturated/α-hetero) is 1. The summed E-state index contributed by atoms with van der Waals surface area (Å²) in [6.45, 7) is -0.563. The van der Waals surface area contributed by atoms with E-state index in [0.717, 1.165) is 16.4 Å². The maximum absolute atomic E-state index is 13.7. The van der Waals surface area contributed by atoms with Gasteiger partial charge in [0.2, 0.25) is 0 Å². The number of ketones is 1. The average Bonchev–Trinajstić information content (AvgIpc) is 3.66. The van der Waals surface area contributed by atoms with E-state index in [-0.39, 0.29) is 33.7 Å². The van der Waals surface area contributed by atoms with E-state index in [9.17, 15) is 24.0 Å². The molecule has 3 aromatic rings. The molecule has 200 valence electrons. The van der Waals surface area contributed by atoms with Crippen LogP contribution in [0.5, 0.6) is 5.75 Å². The molecule has 0 N–H and O–H groups in total. The van der Waals surface area contributed by atoms with E-state index in [1.54, 1.807) is 42.5 Å². The molecule has 3 aromatic carbocycles. The number of hydrogen-bond acceptors (Lipinski definition) is 6. The maximum atomic E-state index is 13.7. The van der Waals surface area contributed by atoms with Gasteiger partial charge in [0, 0.05) is 5.56 Å². The van der Waals surface area contributed by atoms with Crippen molar-refractivity contribution in [1.29, 1.82) is 0 Å². The third-order valence-corrected chi connectivity index (χ3v) is 8.05. The summed E-state index contributed by atoms with van der Waals surface area (Å²) >= 11 is 6.28. The topological polar surface area (TPSA) is 101 Å². The number of carbonyl (C=O) groups excluding carboxylic acids is 5. The van der Waals surface area contributed by atoms with Crippen molar-refractivity contribution < 1.29 is 28.7 Å². The minimum absolute atomic E-state index is 0.0597. The van der Waals surface area contributed by atoms with Gasteiger partial charge in [-0.05, 0) is 66.8 Å². The van der Waals surface area contributed by atoms with E-state index in [0.29, 0.717) is 5.56 Å². The van der Waals surface area contributed by atoms with Gasteiger partial charge in [0.05, 0.1) is 28.0 Å². The van der Waals surface area contributed by atoms with Gasteiger partial charge in [-0.1, -0.05) is 54.1 Å². The van der Waals surface area contributed by atoms with E-state index in [2.05, 4.69) is 0 Å². The van der Waals surface area contributed by atoms with Crippen LogP contribution < -0.4 is 4.74 Å². The number of amides is 3. The fourth-order valence-corrected chi connectivity index (χ4v) is 6.02. The van der Waals surface area contributed by atoms with Gasteiger partial charge in [-0.15, -0.1) is 0 Å². The minimum atomic E-state index is -0.727. The molecular weight excluding hydrogens is 532 g/mol. The van der Waals surface area contributed by atoms with Gasteiger partial charge >= 0.3 is 5.97 Å². The first-order chi connectivity index (χ1) is 19.3. The van der Waals surface area contributed by atoms with E-state index < -0.39 is 47.9 Å². The lowest BCUT2D eigenvalue weighted by Gasteiger charge is -2.31. The Hall–Kier alpha value is -4.56. The largest absolute Gasteiger partial charge is 0.423 e. The maximum Gasteiger partial charge on any atom is 0.343 e. The van der Waals surface area contributed by atoms with Gasteiger partial charge in [0.1, 0.15) is 12.3 Å². The van der Waals surface area contributed by atoms with E-state index in [4.69, 9.17) is 16.3 Å². The van der Waals surface area contributed by atoms with Crippen LogP contribution >= 0.6 is 11.6 Å². The highest BCUT2D eigenvalue weighted by molar-refractivity contribution is 6.34. The van der Waals surface area contributed by atoms with Gasteiger partial charge in [-0.3, -0.25) is 19.2 Å². The van der Waals surface area contributed by atoms with Crippen LogP contribution in [-0.2, 0) is 9.59 Å². The van der Waals surface area contributed by atoms with E-state index in [1.165, 1.54) is 36.4 Å². The van der Waals surface area contributed by atoms with Crippen molar-refractivity contribution in [3.05, 3.63) is 113 Å². The zero-order valence-electron chi connectivity index (χ0n) is 21.1. The SMILES string of the molecule is O=C(CN(C(=O)c1ccccc1Cl)N1C(=O)[C@@H]2[C@H](C1=O)[C@H]1C=C[C@H]2C1)c1ccc(OC(=O)c2ccccc2)cc1. The van der Waals surface area contributed by atoms with Crippen molar-refractivity contribution in [2.75, 3.05) is 6.54 Å². The second kappa shape index (κ2) is 10.2. The molecule has 1 aliphatic heterocycles. The summed E-state index contributed by atoms with van der Waals surface area (Å²) < 4.78 is 5.37. The Kier molecular flexibility index (Phi) is 6.56. The second-order valence-corrected chi connectivity index (χ2v) is 10.4. The number of esters is 1. The van der Waals surface area contributed by atoms with Crippen LogP contribution in [0, 0.1) is 23.7 Å². The van der Waals surface area contributed by atoms with Gasteiger partial charge in [0.15, 0.2) is 5.78 Å². The molecule has 1 heterocycles. The molecule has 8 nitrogen and oxygen atoms in total. The number of allylic oxidation sites excluding steroid dienone is 2. The zero-order valence-corrected chi connectivity index (χ0v) is 21.9. The lowest BCUT2D eigenvalue weighted by molar-refractivity contribution is -0.154. The highest BCUT2D eigenvalue weighted by Crippen LogP contribution is 2.52. The Bertz CT molecular complexity index is 1540. The molecule has 0 radical (unpaired) electrons. The van der Waals surface area contributed by atoms with Crippen molar-refractivity contribution in [3.63, 3.8) is 0 Å². The summed E-state index contributed by atoms with van der Waals surface area (Å²) in [5, 5.41) is 1.90. The molecule has 0 unspecified atom stereocenters. The molecule has 0 spiro atoms. The van der Waals surface area contributed by atoms with Crippen LogP contribution in [0.3, 0.4) is 0 Å². The van der Waals surface area contributed by atoms with Crippen molar-refractivity contribution in [3.8, 4) is 5.75 Å². The van der Waals surface area contributed by atoms with Crippen LogP contribution in [0.1, 0.15) is 37.5 Å². The molecular formula is C31H23ClN2O6. The number of imide groups is 1. The predicted octanol–water partition coefficient (Wildman–Crippen LogP) is 4.61. The van der Waals surface area contributed by atoms with Crippen LogP contribution in [0.15, 0.2) is 91.0 Å². The van der Waals surface area contributed by atoms with Crippen molar-refractivity contribution in [2.24, 2.45) is 23.7 Å². The van der Waals surface area contributed by atoms with Gasteiger partial charge in [0.25, 0.3) is 17.7 Å². The highest BCUT2D eigenvalue weighted by Gasteiger charge is 2.61. The number of halogens is 1. The summed E-state index contributed by atoms with van der Waals surface area (Å²) in [5.74, 6) is -3.73. The van der Waals surface area contributed by atoms with E-state index in [1.807, 2.05) is 12.2 Å². The quantitative estimate of drug-likeness (QED) is 0.139. The Morgan fingerprint density at radius 3 is 2.02 bits per heavy atom. The summed E-state index contributed by atoms with van der Waals surface area (Å²) in [6.07, 6.45) is 4.65. The van der Waals surface area contributed by atoms with Gasteiger partial charge in [-0.2, -0.15) is 5.01 Å². The number of nitrogens with zero attached hydrogens (tertiary/aromatic N) is 2. The predicted molar refractivity (Wildman–Crippen MR) is 144 cm³/mol. The Morgan fingerprint density at radius 1 is 0.800 bits per heavy atom. The lowest BCUT2D eigenvalue weighted by Crippen LogP contribution is -2.52. The van der Waals surface area contributed by atoms with Crippen LogP contribution in [0.25, 0.3) is 0 Å². The molecule has 3 aliphatic rings. The second-order valence-electron chi connectivity index (χ2n) is 10.0. The summed E-state index contributed by atoms with van der Waals surface area (Å²) in [6, 6.07) is 20.6. The Morgan fingerprint density at radius 2 is 1.40 bits per heavy atom. The van der Waals surface area contributed by atoms with E-state index >= 15 is 0 Å². The Balaban J connectivity index is 1.25. The number of fused-ring (bicyclic) bond motifs is 5. The third kappa shape index (κ3) is 4.40. The molecule has 3 amide bonds. The molecule has 2 fully saturated rings. The van der Waals surface area contributed by atoms with Crippen LogP contribution in [0.4, 0.5) is 0 Å². The third-order valence-electron chi connectivity index (χ3n) is 7.72. The monoisotopic (exact) mass is 554 g/mol. The average molecular weight is 555 g/mol. The first-order valence-electron chi connectivity index (χ1n) is 12.9. The summed E-state index contributed by atoms with van der Waals surface area (Å²) in [7, 11) is 0. The number of rotatable bonds is 7. The van der Waals surface area contributed by atoms with Crippen molar-refractivity contribution in [1.82, 2.24) is 10.0 Å². The van der Waals surface area contributed by atoms with Gasteiger partial charge in [-0.25, -0.2) is 9.80 Å². The summed E-state index contributed by atoms with van der Waals surface area (Å²) in [5.41, 5.74) is 0.654. The molecule has 9 heteroatoms. The number of benzene rings is 3. The molecule has 40 heavy (non-hydrogen) atoms. The number of hydrogen-bond donors (Lipinski definition) is 0. The molecule has 2 bridgehead atoms. The smallest absolute Gasteiger partial charge is 0.343 e. The molecule has 6 rings (SSSR count). The number of carbonyl (C=O) groups is 5. The molecule has 1 saturated heterocycles. The first kappa shape index (κ1) is 25.7. The van der Waals surface area contributed by atoms with Gasteiger partial charge < -0.3 is 4.74 Å². The Labute approximate surface area is 234 Å². The normalized spacial score (nSPS) is 22.4. The minimum Gasteiger partial charge on any atom is -0.423 e. The lowest BCUT2D eigenvalue weighted by atomic mass is 9.85. The molecule has 0 aromatic heterocycles. The van der Waals surface area contributed by atoms with Crippen molar-refractivity contribution in [2.45, 2.75) is 6.42 Å². The molecule has 1 saturated carbocycles. The zero-order chi connectivity index (χ0) is 28.0. The van der Waals surface area contributed by atoms with Crippen molar-refractivity contribution >= 4 is 41.1 Å². The standard InChI is InChI=1S/C31H23ClN2O6/c32-24-9-5-4-8-23(24)28(36)33(34-29(37)26-20-10-11-21(16-20)27(26)30(34)38)17-25(35)18-12-14-22(15-13-18)40-31(39)19-6-2-1-3-7-19/h1-15,20-21,26-27H,16-17H2/t20-,21-,26-,27+/m0/s1.